The van der Waals surface area contributed by atoms with Gasteiger partial charge in [-0.15, -0.1) is 24.0 Å². The molecule has 2 rings (SSSR count). The van der Waals surface area contributed by atoms with Crippen molar-refractivity contribution < 1.29 is 4.74 Å². The van der Waals surface area contributed by atoms with E-state index in [1.54, 1.807) is 7.11 Å². The zero-order valence-electron chi connectivity index (χ0n) is 13.4. The Hall–Kier alpha value is -0.500. The first-order valence-corrected chi connectivity index (χ1v) is 8.21. The van der Waals surface area contributed by atoms with E-state index in [4.69, 9.17) is 4.74 Å². The van der Waals surface area contributed by atoms with Crippen LogP contribution in [-0.2, 0) is 6.54 Å². The molecule has 1 heterocycles. The molecule has 0 spiro atoms. The van der Waals surface area contributed by atoms with Crippen molar-refractivity contribution in [3.8, 4) is 5.75 Å². The van der Waals surface area contributed by atoms with Gasteiger partial charge in [0, 0.05) is 26.7 Å². The molecule has 6 heteroatoms. The lowest BCUT2D eigenvalue weighted by atomic mass is 10.00. The summed E-state index contributed by atoms with van der Waals surface area (Å²) in [4.78, 5) is 6.75. The van der Waals surface area contributed by atoms with Crippen molar-refractivity contribution in [2.75, 3.05) is 27.2 Å². The van der Waals surface area contributed by atoms with Crippen molar-refractivity contribution in [1.82, 2.24) is 10.2 Å². The molecule has 22 heavy (non-hydrogen) atoms. The SMILES string of the molecule is CN=C(NCc1ccc(OC)c(Br)c1)N1CCC(C)CC1.I. The number of guanidine groups is 1. The van der Waals surface area contributed by atoms with E-state index in [1.165, 1.54) is 18.4 Å². The fraction of sp³-hybridized carbons (Fsp3) is 0.562. The van der Waals surface area contributed by atoms with Crippen molar-refractivity contribution >= 4 is 45.9 Å². The Morgan fingerprint density at radius 1 is 1.41 bits per heavy atom. The van der Waals surface area contributed by atoms with Crippen LogP contribution in [0.2, 0.25) is 0 Å². The Labute approximate surface area is 158 Å². The molecule has 1 aliphatic heterocycles. The minimum Gasteiger partial charge on any atom is -0.496 e. The molecule has 0 aromatic heterocycles. The lowest BCUT2D eigenvalue weighted by Crippen LogP contribution is -2.45. The molecule has 1 fully saturated rings. The van der Waals surface area contributed by atoms with E-state index in [9.17, 15) is 0 Å². The Morgan fingerprint density at radius 2 is 2.09 bits per heavy atom. The molecule has 1 saturated heterocycles. The minimum absolute atomic E-state index is 0. The normalized spacial score (nSPS) is 16.2. The fourth-order valence-corrected chi connectivity index (χ4v) is 3.14. The number of hydrogen-bond donors (Lipinski definition) is 1. The zero-order valence-corrected chi connectivity index (χ0v) is 17.4. The van der Waals surface area contributed by atoms with E-state index in [0.717, 1.165) is 41.7 Å². The van der Waals surface area contributed by atoms with E-state index in [0.29, 0.717) is 0 Å². The quantitative estimate of drug-likeness (QED) is 0.404. The zero-order chi connectivity index (χ0) is 15.2. The van der Waals surface area contributed by atoms with Crippen LogP contribution in [0.1, 0.15) is 25.3 Å². The minimum atomic E-state index is 0. The highest BCUT2D eigenvalue weighted by atomic mass is 127. The van der Waals surface area contributed by atoms with Gasteiger partial charge in [0.1, 0.15) is 5.75 Å². The highest BCUT2D eigenvalue weighted by molar-refractivity contribution is 14.0. The van der Waals surface area contributed by atoms with Gasteiger partial charge in [-0.05, 0) is 52.4 Å². The van der Waals surface area contributed by atoms with E-state index in [-0.39, 0.29) is 24.0 Å². The first-order chi connectivity index (χ1) is 10.1. The summed E-state index contributed by atoms with van der Waals surface area (Å²) in [6.07, 6.45) is 2.49. The van der Waals surface area contributed by atoms with Crippen molar-refractivity contribution in [1.29, 1.82) is 0 Å². The number of ether oxygens (including phenoxy) is 1. The topological polar surface area (TPSA) is 36.9 Å². The van der Waals surface area contributed by atoms with E-state index in [1.807, 2.05) is 13.1 Å². The number of likely N-dealkylation sites (tertiary alicyclic amines) is 1. The summed E-state index contributed by atoms with van der Waals surface area (Å²) in [5, 5.41) is 3.45. The second kappa shape index (κ2) is 9.60. The largest absolute Gasteiger partial charge is 0.496 e. The maximum atomic E-state index is 5.25. The lowest BCUT2D eigenvalue weighted by molar-refractivity contribution is 0.273. The molecule has 124 valence electrons. The third-order valence-electron chi connectivity index (χ3n) is 3.96. The van der Waals surface area contributed by atoms with Gasteiger partial charge in [0.25, 0.3) is 0 Å². The van der Waals surface area contributed by atoms with Crippen LogP contribution in [0.15, 0.2) is 27.7 Å². The monoisotopic (exact) mass is 481 g/mol. The summed E-state index contributed by atoms with van der Waals surface area (Å²) in [6, 6.07) is 6.13. The van der Waals surface area contributed by atoms with Gasteiger partial charge in [0.15, 0.2) is 5.96 Å². The van der Waals surface area contributed by atoms with Gasteiger partial charge in [-0.25, -0.2) is 0 Å². The van der Waals surface area contributed by atoms with Crippen molar-refractivity contribution in [2.45, 2.75) is 26.3 Å². The molecule has 1 N–H and O–H groups in total. The van der Waals surface area contributed by atoms with Gasteiger partial charge >= 0.3 is 0 Å². The molecule has 4 nitrogen and oxygen atoms in total. The van der Waals surface area contributed by atoms with Gasteiger partial charge in [-0.3, -0.25) is 4.99 Å². The van der Waals surface area contributed by atoms with Crippen molar-refractivity contribution in [3.63, 3.8) is 0 Å². The summed E-state index contributed by atoms with van der Waals surface area (Å²) in [7, 11) is 3.53. The Bertz CT molecular complexity index is 502. The number of hydrogen-bond acceptors (Lipinski definition) is 2. The summed E-state index contributed by atoms with van der Waals surface area (Å²) in [5.74, 6) is 2.68. The van der Waals surface area contributed by atoms with Crippen molar-refractivity contribution in [3.05, 3.63) is 28.2 Å². The molecule has 0 bridgehead atoms. The summed E-state index contributed by atoms with van der Waals surface area (Å²) >= 11 is 3.52. The van der Waals surface area contributed by atoms with E-state index >= 15 is 0 Å². The molecule has 0 saturated carbocycles. The van der Waals surface area contributed by atoms with Gasteiger partial charge < -0.3 is 15.0 Å². The molecule has 0 unspecified atom stereocenters. The molecule has 1 aromatic rings. The van der Waals surface area contributed by atoms with Crippen LogP contribution in [0, 0.1) is 5.92 Å². The first kappa shape index (κ1) is 19.5. The van der Waals surface area contributed by atoms with Gasteiger partial charge in [-0.2, -0.15) is 0 Å². The second-order valence-corrected chi connectivity index (χ2v) is 6.39. The molecular weight excluding hydrogens is 457 g/mol. The standard InChI is InChI=1S/C16H24BrN3O.HI/c1-12-6-8-20(9-7-12)16(18-2)19-11-13-4-5-15(21-3)14(17)10-13;/h4-5,10,12H,6-9,11H2,1-3H3,(H,18,19);1H. The Kier molecular flexibility index (Phi) is 8.53. The number of nitrogens with one attached hydrogen (secondary N) is 1. The number of halogens is 2. The van der Waals surface area contributed by atoms with Crippen molar-refractivity contribution in [2.24, 2.45) is 10.9 Å². The van der Waals surface area contributed by atoms with Gasteiger partial charge in [0.2, 0.25) is 0 Å². The van der Waals surface area contributed by atoms with E-state index in [2.05, 4.69) is 50.2 Å². The Morgan fingerprint density at radius 3 is 2.64 bits per heavy atom. The number of methoxy groups -OCH3 is 1. The second-order valence-electron chi connectivity index (χ2n) is 5.54. The third kappa shape index (κ3) is 5.30. The molecule has 0 amide bonds. The first-order valence-electron chi connectivity index (χ1n) is 7.42. The average molecular weight is 482 g/mol. The van der Waals surface area contributed by atoms with Crippen LogP contribution < -0.4 is 10.1 Å². The number of aliphatic imine (C=N–C) groups is 1. The number of nitrogens with zero attached hydrogens (tertiary/aromatic N) is 2. The van der Waals surface area contributed by atoms with Crippen LogP contribution in [-0.4, -0.2) is 38.1 Å². The highest BCUT2D eigenvalue weighted by Gasteiger charge is 2.18. The van der Waals surface area contributed by atoms with Gasteiger partial charge in [-0.1, -0.05) is 13.0 Å². The Balaban J connectivity index is 0.00000242. The van der Waals surface area contributed by atoms with Crippen LogP contribution >= 0.6 is 39.9 Å². The fourth-order valence-electron chi connectivity index (χ4n) is 2.55. The van der Waals surface area contributed by atoms with Crippen LogP contribution in [0.4, 0.5) is 0 Å². The highest BCUT2D eigenvalue weighted by Crippen LogP contribution is 2.25. The molecule has 0 atom stereocenters. The van der Waals surface area contributed by atoms with Crippen LogP contribution in [0.25, 0.3) is 0 Å². The molecular formula is C16H25BrIN3O. The lowest BCUT2D eigenvalue weighted by Gasteiger charge is -2.32. The molecule has 1 aromatic carbocycles. The smallest absolute Gasteiger partial charge is 0.193 e. The number of benzene rings is 1. The maximum Gasteiger partial charge on any atom is 0.193 e. The average Bonchev–Trinajstić information content (AvgIpc) is 2.49. The maximum absolute atomic E-state index is 5.25. The van der Waals surface area contributed by atoms with Gasteiger partial charge in [0.05, 0.1) is 11.6 Å². The third-order valence-corrected chi connectivity index (χ3v) is 4.58. The summed E-state index contributed by atoms with van der Waals surface area (Å²) < 4.78 is 6.23. The van der Waals surface area contributed by atoms with E-state index < -0.39 is 0 Å². The van der Waals surface area contributed by atoms with Crippen LogP contribution in [0.3, 0.4) is 0 Å². The number of piperidine rings is 1. The summed E-state index contributed by atoms with van der Waals surface area (Å²) in [6.45, 7) is 5.27. The van der Waals surface area contributed by atoms with Crippen LogP contribution in [0.5, 0.6) is 5.75 Å². The molecule has 0 radical (unpaired) electrons. The molecule has 1 aliphatic rings. The predicted molar refractivity (Wildman–Crippen MR) is 106 cm³/mol. The summed E-state index contributed by atoms with van der Waals surface area (Å²) in [5.41, 5.74) is 1.20. The number of rotatable bonds is 3. The predicted octanol–water partition coefficient (Wildman–Crippen LogP) is 3.88. The molecule has 0 aliphatic carbocycles.